The van der Waals surface area contributed by atoms with Crippen LogP contribution in [0.3, 0.4) is 0 Å². The van der Waals surface area contributed by atoms with Crippen molar-refractivity contribution in [2.45, 2.75) is 31.6 Å². The number of rotatable bonds is 3. The summed E-state index contributed by atoms with van der Waals surface area (Å²) >= 11 is 1.73. The molecule has 5 rings (SSSR count). The average molecular weight is 352 g/mol. The highest BCUT2D eigenvalue weighted by Crippen LogP contribution is 2.34. The van der Waals surface area contributed by atoms with E-state index in [2.05, 4.69) is 23.6 Å². The van der Waals surface area contributed by atoms with Gasteiger partial charge in [0.25, 0.3) is 0 Å². The minimum absolute atomic E-state index is 0.251. The summed E-state index contributed by atoms with van der Waals surface area (Å²) in [6, 6.07) is 8.31. The highest BCUT2D eigenvalue weighted by atomic mass is 32.1. The molecule has 2 fully saturated rings. The van der Waals surface area contributed by atoms with Crippen molar-refractivity contribution in [3.8, 4) is 10.4 Å². The second-order valence-corrected chi connectivity index (χ2v) is 8.01. The highest BCUT2D eigenvalue weighted by molar-refractivity contribution is 7.13. The van der Waals surface area contributed by atoms with Gasteiger partial charge in [-0.1, -0.05) is 6.07 Å². The number of carbonyl (C=O) groups excluding carboxylic acids is 1. The first-order valence-corrected chi connectivity index (χ1v) is 9.85. The highest BCUT2D eigenvalue weighted by Gasteiger charge is 2.36. The zero-order valence-corrected chi connectivity index (χ0v) is 14.8. The molecule has 1 aliphatic carbocycles. The molecule has 0 aromatic carbocycles. The molecule has 1 amide bonds. The normalized spacial score (nSPS) is 21.0. The molecule has 0 radical (unpaired) electrons. The van der Waals surface area contributed by atoms with Crippen LogP contribution in [0.5, 0.6) is 0 Å². The number of hydrogen-bond donors (Lipinski definition) is 0. The number of amides is 1. The summed E-state index contributed by atoms with van der Waals surface area (Å²) in [4.78, 5) is 20.4. The van der Waals surface area contributed by atoms with Crippen LogP contribution in [-0.2, 0) is 4.79 Å². The number of pyridine rings is 1. The number of aromatic nitrogens is 3. The number of nitrogens with zero attached hydrogens (tertiary/aromatic N) is 4. The van der Waals surface area contributed by atoms with Crippen LogP contribution in [0.25, 0.3) is 16.1 Å². The van der Waals surface area contributed by atoms with Gasteiger partial charge in [-0.2, -0.15) is 5.10 Å². The molecule has 1 saturated heterocycles. The van der Waals surface area contributed by atoms with E-state index in [9.17, 15) is 4.79 Å². The standard InChI is InChI=1S/C19H20N4OS/c24-19(13-5-6-13)22-9-1-3-15(11-22)18-20-17-8-7-14(12-23(17)21-18)16-4-2-10-25-16/h2,4,7-8,10,12-13,15H,1,3,5-6,9,11H2/t15-/m0/s1. The van der Waals surface area contributed by atoms with Gasteiger partial charge in [-0.3, -0.25) is 4.79 Å². The Morgan fingerprint density at radius 2 is 2.12 bits per heavy atom. The van der Waals surface area contributed by atoms with Crippen LogP contribution in [0, 0.1) is 5.92 Å². The van der Waals surface area contributed by atoms with Crippen molar-refractivity contribution in [1.29, 1.82) is 0 Å². The van der Waals surface area contributed by atoms with Crippen LogP contribution in [0.1, 0.15) is 37.4 Å². The van der Waals surface area contributed by atoms with Gasteiger partial charge in [0.05, 0.1) is 0 Å². The molecule has 2 aliphatic rings. The largest absolute Gasteiger partial charge is 0.342 e. The van der Waals surface area contributed by atoms with Crippen molar-refractivity contribution in [2.24, 2.45) is 5.92 Å². The zero-order valence-electron chi connectivity index (χ0n) is 14.0. The van der Waals surface area contributed by atoms with Gasteiger partial charge in [-0.05, 0) is 49.3 Å². The molecule has 6 heteroatoms. The van der Waals surface area contributed by atoms with E-state index < -0.39 is 0 Å². The summed E-state index contributed by atoms with van der Waals surface area (Å²) in [5.41, 5.74) is 2.04. The maximum absolute atomic E-state index is 12.4. The minimum Gasteiger partial charge on any atom is -0.342 e. The predicted octanol–water partition coefficient (Wildman–Crippen LogP) is 3.57. The SMILES string of the molecule is O=C(C1CC1)N1CCC[C@H](c2nc3ccc(-c4cccs4)cn3n2)C1. The van der Waals surface area contributed by atoms with Crippen molar-refractivity contribution in [1.82, 2.24) is 19.5 Å². The van der Waals surface area contributed by atoms with Crippen LogP contribution in [0.2, 0.25) is 0 Å². The fraction of sp³-hybridized carbons (Fsp3) is 0.421. The number of fused-ring (bicyclic) bond motifs is 1. The van der Waals surface area contributed by atoms with E-state index in [1.54, 1.807) is 11.3 Å². The first-order chi connectivity index (χ1) is 12.3. The monoisotopic (exact) mass is 352 g/mol. The molecule has 25 heavy (non-hydrogen) atoms. The number of likely N-dealkylation sites (tertiary alicyclic amines) is 1. The Bertz CT molecular complexity index is 913. The predicted molar refractivity (Wildman–Crippen MR) is 97.6 cm³/mol. The summed E-state index contributed by atoms with van der Waals surface area (Å²) in [6.07, 6.45) is 6.28. The second kappa shape index (κ2) is 5.95. The van der Waals surface area contributed by atoms with Crippen LogP contribution >= 0.6 is 11.3 Å². The molecule has 3 aromatic rings. The van der Waals surface area contributed by atoms with Gasteiger partial charge in [0.15, 0.2) is 11.5 Å². The lowest BCUT2D eigenvalue weighted by Gasteiger charge is -2.31. The Hall–Kier alpha value is -2.21. The third-order valence-electron chi connectivity index (χ3n) is 5.18. The molecular weight excluding hydrogens is 332 g/mol. The molecule has 0 spiro atoms. The van der Waals surface area contributed by atoms with E-state index >= 15 is 0 Å². The van der Waals surface area contributed by atoms with E-state index in [1.165, 1.54) is 4.88 Å². The summed E-state index contributed by atoms with van der Waals surface area (Å²) in [5.74, 6) is 1.76. The second-order valence-electron chi connectivity index (χ2n) is 7.07. The number of piperidine rings is 1. The van der Waals surface area contributed by atoms with Crippen LogP contribution in [-0.4, -0.2) is 38.5 Å². The van der Waals surface area contributed by atoms with Gasteiger partial charge in [0.2, 0.25) is 5.91 Å². The first-order valence-electron chi connectivity index (χ1n) is 8.97. The first kappa shape index (κ1) is 15.1. The van der Waals surface area contributed by atoms with Gasteiger partial charge >= 0.3 is 0 Å². The lowest BCUT2D eigenvalue weighted by molar-refractivity contribution is -0.133. The Balaban J connectivity index is 1.41. The summed E-state index contributed by atoms with van der Waals surface area (Å²) < 4.78 is 1.88. The molecule has 1 aliphatic heterocycles. The van der Waals surface area contributed by atoms with Crippen LogP contribution in [0.15, 0.2) is 35.8 Å². The van der Waals surface area contributed by atoms with Crippen LogP contribution in [0.4, 0.5) is 0 Å². The quantitative estimate of drug-likeness (QED) is 0.724. The smallest absolute Gasteiger partial charge is 0.225 e. The lowest BCUT2D eigenvalue weighted by Crippen LogP contribution is -2.40. The van der Waals surface area contributed by atoms with E-state index in [4.69, 9.17) is 10.1 Å². The van der Waals surface area contributed by atoms with Crippen molar-refractivity contribution >= 4 is 22.9 Å². The van der Waals surface area contributed by atoms with E-state index in [1.807, 2.05) is 21.7 Å². The average Bonchev–Trinajstić information content (AvgIpc) is 3.18. The van der Waals surface area contributed by atoms with Crippen molar-refractivity contribution in [3.05, 3.63) is 41.7 Å². The van der Waals surface area contributed by atoms with Gasteiger partial charge in [-0.25, -0.2) is 9.50 Å². The topological polar surface area (TPSA) is 50.5 Å². The number of thiophene rings is 1. The lowest BCUT2D eigenvalue weighted by atomic mass is 9.97. The molecule has 0 unspecified atom stereocenters. The minimum atomic E-state index is 0.251. The molecule has 5 nitrogen and oxygen atoms in total. The maximum Gasteiger partial charge on any atom is 0.225 e. The Morgan fingerprint density at radius 1 is 1.20 bits per heavy atom. The molecule has 0 N–H and O–H groups in total. The molecule has 3 aromatic heterocycles. The van der Waals surface area contributed by atoms with Crippen molar-refractivity contribution in [2.75, 3.05) is 13.1 Å². The molecule has 0 bridgehead atoms. The van der Waals surface area contributed by atoms with Gasteiger partial charge in [0.1, 0.15) is 0 Å². The molecule has 4 heterocycles. The molecule has 1 saturated carbocycles. The molecule has 128 valence electrons. The third kappa shape index (κ3) is 2.84. The van der Waals surface area contributed by atoms with Crippen LogP contribution < -0.4 is 0 Å². The third-order valence-corrected chi connectivity index (χ3v) is 6.10. The zero-order chi connectivity index (χ0) is 16.8. The summed E-state index contributed by atoms with van der Waals surface area (Å²) in [6.45, 7) is 1.66. The van der Waals surface area contributed by atoms with Crippen molar-refractivity contribution < 1.29 is 4.79 Å². The van der Waals surface area contributed by atoms with E-state index in [0.29, 0.717) is 11.8 Å². The molecular formula is C19H20N4OS. The fourth-order valence-corrected chi connectivity index (χ4v) is 4.36. The summed E-state index contributed by atoms with van der Waals surface area (Å²) in [5, 5.41) is 6.82. The Kier molecular flexibility index (Phi) is 3.59. The summed E-state index contributed by atoms with van der Waals surface area (Å²) in [7, 11) is 0. The fourth-order valence-electron chi connectivity index (χ4n) is 3.64. The van der Waals surface area contributed by atoms with Gasteiger partial charge in [0, 0.05) is 41.6 Å². The number of hydrogen-bond acceptors (Lipinski definition) is 4. The van der Waals surface area contributed by atoms with Gasteiger partial charge in [-0.15, -0.1) is 11.3 Å². The van der Waals surface area contributed by atoms with E-state index in [0.717, 1.165) is 55.8 Å². The number of carbonyl (C=O) groups is 1. The Labute approximate surface area is 150 Å². The van der Waals surface area contributed by atoms with E-state index in [-0.39, 0.29) is 5.92 Å². The Morgan fingerprint density at radius 3 is 2.92 bits per heavy atom. The van der Waals surface area contributed by atoms with Crippen molar-refractivity contribution in [3.63, 3.8) is 0 Å². The molecule has 1 atom stereocenters. The maximum atomic E-state index is 12.4. The van der Waals surface area contributed by atoms with Gasteiger partial charge < -0.3 is 4.90 Å².